The molecule has 1 aliphatic heterocycles. The number of aromatic nitrogens is 4. The fraction of sp³-hybridized carbons (Fsp3) is 0.519. The molecule has 1 amide bonds. The second-order valence-electron chi connectivity index (χ2n) is 11.2. The number of pyridine rings is 2. The number of ether oxygens (including phenoxy) is 1. The van der Waals surface area contributed by atoms with Crippen molar-refractivity contribution in [2.75, 3.05) is 18.0 Å². The van der Waals surface area contributed by atoms with Gasteiger partial charge in [-0.05, 0) is 65.2 Å². The number of fused-ring (bicyclic) bond motifs is 1. The summed E-state index contributed by atoms with van der Waals surface area (Å²) >= 11 is 12.8. The molecule has 0 saturated carbocycles. The predicted octanol–water partition coefficient (Wildman–Crippen LogP) is 5.75. The van der Waals surface area contributed by atoms with Gasteiger partial charge in [0, 0.05) is 31.4 Å². The Balaban J connectivity index is 1.88. The van der Waals surface area contributed by atoms with Crippen LogP contribution in [-0.4, -0.2) is 61.3 Å². The minimum Gasteiger partial charge on any atom is -0.444 e. The number of carbonyl (C=O) groups excluding carboxylic acids is 1. The van der Waals surface area contributed by atoms with Crippen molar-refractivity contribution in [3.63, 3.8) is 0 Å². The lowest BCUT2D eigenvalue weighted by atomic mass is 10.0. The average Bonchev–Trinajstić information content (AvgIpc) is 2.80. The Kier molecular flexibility index (Phi) is 7.65. The van der Waals surface area contributed by atoms with E-state index in [9.17, 15) is 9.59 Å². The highest BCUT2D eigenvalue weighted by Gasteiger charge is 2.36. The SMILES string of the molecule is Cc1ccnc(C(C)C)c1-n1c(=O)nc(N2C[C@@H](C)N(C(=O)OC(C)(C)C)C[C@@H]2C)c2cc(Cl)c(Cl)nc21. The van der Waals surface area contributed by atoms with Gasteiger partial charge in [0.1, 0.15) is 16.6 Å². The van der Waals surface area contributed by atoms with E-state index in [1.807, 2.05) is 66.4 Å². The van der Waals surface area contributed by atoms with Crippen LogP contribution in [-0.2, 0) is 4.74 Å². The summed E-state index contributed by atoms with van der Waals surface area (Å²) in [5.74, 6) is 0.499. The van der Waals surface area contributed by atoms with E-state index in [0.29, 0.717) is 35.6 Å². The lowest BCUT2D eigenvalue weighted by Gasteiger charge is -2.44. The molecular weight excluding hydrogens is 527 g/mol. The topological polar surface area (TPSA) is 93.5 Å². The van der Waals surface area contributed by atoms with Crippen LogP contribution in [0.25, 0.3) is 16.7 Å². The third-order valence-electron chi connectivity index (χ3n) is 6.57. The third-order valence-corrected chi connectivity index (χ3v) is 7.24. The summed E-state index contributed by atoms with van der Waals surface area (Å²) in [5, 5.41) is 0.933. The Hall–Kier alpha value is -2.91. The molecule has 4 heterocycles. The van der Waals surface area contributed by atoms with Crippen molar-refractivity contribution in [1.82, 2.24) is 24.4 Å². The van der Waals surface area contributed by atoms with Crippen molar-refractivity contribution < 1.29 is 9.53 Å². The first-order valence-electron chi connectivity index (χ1n) is 12.7. The fourth-order valence-corrected chi connectivity index (χ4v) is 5.07. The van der Waals surface area contributed by atoms with E-state index in [2.05, 4.69) is 15.0 Å². The molecule has 9 nitrogen and oxygen atoms in total. The van der Waals surface area contributed by atoms with Gasteiger partial charge in [-0.2, -0.15) is 4.98 Å². The first-order chi connectivity index (χ1) is 17.7. The summed E-state index contributed by atoms with van der Waals surface area (Å²) in [6.45, 7) is 16.3. The second-order valence-corrected chi connectivity index (χ2v) is 12.0. The molecule has 11 heteroatoms. The lowest BCUT2D eigenvalue weighted by Crippen LogP contribution is -2.59. The van der Waals surface area contributed by atoms with Gasteiger partial charge in [0.05, 0.1) is 21.8 Å². The molecule has 3 aromatic rings. The third kappa shape index (κ3) is 5.31. The van der Waals surface area contributed by atoms with Gasteiger partial charge in [-0.3, -0.25) is 4.98 Å². The second kappa shape index (κ2) is 10.3. The van der Waals surface area contributed by atoms with Crippen LogP contribution >= 0.6 is 23.2 Å². The number of hydrogen-bond acceptors (Lipinski definition) is 7. The van der Waals surface area contributed by atoms with Crippen molar-refractivity contribution >= 4 is 46.1 Å². The molecule has 3 aromatic heterocycles. The minimum atomic E-state index is -0.597. The van der Waals surface area contributed by atoms with E-state index < -0.39 is 11.3 Å². The largest absolute Gasteiger partial charge is 0.444 e. The highest BCUT2D eigenvalue weighted by Crippen LogP contribution is 2.34. The van der Waals surface area contributed by atoms with Crippen LogP contribution in [0.3, 0.4) is 0 Å². The van der Waals surface area contributed by atoms with Gasteiger partial charge in [-0.25, -0.2) is 19.1 Å². The Morgan fingerprint density at radius 1 is 1.13 bits per heavy atom. The molecule has 1 fully saturated rings. The number of amides is 1. The maximum absolute atomic E-state index is 13.7. The summed E-state index contributed by atoms with van der Waals surface area (Å²) in [4.78, 5) is 44.0. The van der Waals surface area contributed by atoms with Crippen LogP contribution in [0.1, 0.15) is 65.6 Å². The summed E-state index contributed by atoms with van der Waals surface area (Å²) in [5.41, 5.74) is 1.51. The fourth-order valence-electron chi connectivity index (χ4n) is 4.79. The number of aryl methyl sites for hydroxylation is 1. The molecule has 0 radical (unpaired) electrons. The van der Waals surface area contributed by atoms with Crippen molar-refractivity contribution in [3.8, 4) is 5.69 Å². The average molecular weight is 562 g/mol. The maximum Gasteiger partial charge on any atom is 0.410 e. The van der Waals surface area contributed by atoms with Gasteiger partial charge < -0.3 is 14.5 Å². The van der Waals surface area contributed by atoms with Crippen LogP contribution in [0.4, 0.5) is 10.6 Å². The molecule has 0 spiro atoms. The first-order valence-corrected chi connectivity index (χ1v) is 13.5. The van der Waals surface area contributed by atoms with Gasteiger partial charge in [0.15, 0.2) is 5.65 Å². The quantitative estimate of drug-likeness (QED) is 0.376. The monoisotopic (exact) mass is 560 g/mol. The van der Waals surface area contributed by atoms with E-state index in [4.69, 9.17) is 27.9 Å². The number of rotatable bonds is 3. The van der Waals surface area contributed by atoms with Crippen molar-refractivity contribution in [2.45, 2.75) is 79.0 Å². The minimum absolute atomic E-state index is 0.0519. The molecule has 0 unspecified atom stereocenters. The highest BCUT2D eigenvalue weighted by molar-refractivity contribution is 6.41. The molecule has 0 aromatic carbocycles. The molecule has 1 saturated heterocycles. The van der Waals surface area contributed by atoms with Crippen LogP contribution in [0.2, 0.25) is 10.2 Å². The molecule has 0 bridgehead atoms. The number of piperazine rings is 1. The van der Waals surface area contributed by atoms with Gasteiger partial charge in [0.25, 0.3) is 0 Å². The van der Waals surface area contributed by atoms with Gasteiger partial charge >= 0.3 is 11.8 Å². The van der Waals surface area contributed by atoms with E-state index in [0.717, 1.165) is 11.3 Å². The van der Waals surface area contributed by atoms with E-state index in [-0.39, 0.29) is 34.3 Å². The van der Waals surface area contributed by atoms with Crippen LogP contribution in [0, 0.1) is 6.92 Å². The van der Waals surface area contributed by atoms with Crippen molar-refractivity contribution in [2.24, 2.45) is 0 Å². The smallest absolute Gasteiger partial charge is 0.410 e. The number of nitrogens with zero attached hydrogens (tertiary/aromatic N) is 6. The number of hydrogen-bond donors (Lipinski definition) is 0. The van der Waals surface area contributed by atoms with E-state index >= 15 is 0 Å². The molecule has 1 aliphatic rings. The Morgan fingerprint density at radius 2 is 1.82 bits per heavy atom. The summed E-state index contributed by atoms with van der Waals surface area (Å²) in [6.07, 6.45) is 1.36. The highest BCUT2D eigenvalue weighted by atomic mass is 35.5. The van der Waals surface area contributed by atoms with Crippen molar-refractivity contribution in [3.05, 3.63) is 50.2 Å². The molecule has 204 valence electrons. The Bertz CT molecular complexity index is 1450. The summed E-state index contributed by atoms with van der Waals surface area (Å²) < 4.78 is 7.09. The summed E-state index contributed by atoms with van der Waals surface area (Å²) in [7, 11) is 0. The normalized spacial score (nSPS) is 18.4. The number of anilines is 1. The Labute approximate surface area is 232 Å². The maximum atomic E-state index is 13.7. The van der Waals surface area contributed by atoms with E-state index in [1.54, 1.807) is 17.2 Å². The lowest BCUT2D eigenvalue weighted by molar-refractivity contribution is 0.0130. The van der Waals surface area contributed by atoms with Gasteiger partial charge in [-0.1, -0.05) is 37.0 Å². The molecule has 38 heavy (non-hydrogen) atoms. The molecular formula is C27H34Cl2N6O3. The van der Waals surface area contributed by atoms with Crippen LogP contribution < -0.4 is 10.6 Å². The molecule has 4 rings (SSSR count). The number of carbonyl (C=O) groups is 1. The van der Waals surface area contributed by atoms with E-state index in [1.165, 1.54) is 4.57 Å². The van der Waals surface area contributed by atoms with Gasteiger partial charge in [-0.15, -0.1) is 0 Å². The zero-order valence-corrected chi connectivity index (χ0v) is 24.6. The standard InChI is InChI=1S/C27H34Cl2N6O3/c1-14(2)20-21(15(3)9-10-30-20)35-24-18(11-19(28)22(29)31-24)23(32-25(35)36)33-12-17(5)34(13-16(33)4)26(37)38-27(6,7)8/h9-11,14,16-17H,12-13H2,1-8H3/t16-,17+/m0/s1. The Morgan fingerprint density at radius 3 is 2.45 bits per heavy atom. The predicted molar refractivity (Wildman–Crippen MR) is 151 cm³/mol. The zero-order valence-electron chi connectivity index (χ0n) is 23.0. The zero-order chi connectivity index (χ0) is 28.1. The van der Waals surface area contributed by atoms with Crippen LogP contribution in [0.15, 0.2) is 23.1 Å². The van der Waals surface area contributed by atoms with Crippen LogP contribution in [0.5, 0.6) is 0 Å². The summed E-state index contributed by atoms with van der Waals surface area (Å²) in [6, 6.07) is 3.20. The van der Waals surface area contributed by atoms with Crippen molar-refractivity contribution in [1.29, 1.82) is 0 Å². The first kappa shape index (κ1) is 28.1. The molecule has 0 N–H and O–H groups in total. The molecule has 0 aliphatic carbocycles. The molecule has 2 atom stereocenters. The number of halogens is 2. The van der Waals surface area contributed by atoms with Gasteiger partial charge in [0.2, 0.25) is 0 Å².